The van der Waals surface area contributed by atoms with Gasteiger partial charge in [0, 0.05) is 59.6 Å². The number of rotatable bonds is 14. The maximum atomic E-state index is 13.2. The lowest BCUT2D eigenvalue weighted by atomic mass is 10.0. The Morgan fingerprint density at radius 2 is 0.845 bits per heavy atom. The molecule has 292 valence electrons. The van der Waals surface area contributed by atoms with Gasteiger partial charge in [-0.2, -0.15) is 0 Å². The normalized spacial score (nSPS) is 10.7. The highest BCUT2D eigenvalue weighted by molar-refractivity contribution is 5.93. The predicted molar refractivity (Wildman–Crippen MR) is 209 cm³/mol. The molecule has 0 fully saturated rings. The molecule has 0 spiro atoms. The van der Waals surface area contributed by atoms with Gasteiger partial charge >= 0.3 is 6.16 Å². The van der Waals surface area contributed by atoms with Crippen LogP contribution in [-0.4, -0.2) is 27.8 Å². The van der Waals surface area contributed by atoms with Crippen LogP contribution in [0.4, 0.5) is 36.3 Å². The molecule has 0 heterocycles. The summed E-state index contributed by atoms with van der Waals surface area (Å²) in [5, 5.41) is 28.8. The number of carbonyl (C=O) groups excluding carboxylic acids is 3. The van der Waals surface area contributed by atoms with Gasteiger partial charge in [0.25, 0.3) is 11.4 Å². The highest BCUT2D eigenvalue weighted by Crippen LogP contribution is 2.30. The molecule has 0 radical (unpaired) electrons. The molecule has 0 aliphatic heterocycles. The third-order valence-electron chi connectivity index (χ3n) is 8.72. The average Bonchev–Trinajstić information content (AvgIpc) is 3.19. The fourth-order valence-corrected chi connectivity index (χ4v) is 5.87. The minimum atomic E-state index is -1.20. The first-order valence-electron chi connectivity index (χ1n) is 17.6. The Hall–Kier alpha value is -7.81. The third kappa shape index (κ3) is 11.1. The van der Waals surface area contributed by atoms with Crippen molar-refractivity contribution in [1.29, 1.82) is 0 Å². The topological polar surface area (TPSA) is 180 Å². The Morgan fingerprint density at radius 1 is 0.500 bits per heavy atom. The van der Waals surface area contributed by atoms with Gasteiger partial charge in [-0.25, -0.2) is 13.6 Å². The zero-order valence-corrected chi connectivity index (χ0v) is 30.4. The van der Waals surface area contributed by atoms with Crippen LogP contribution in [0.1, 0.15) is 33.4 Å². The van der Waals surface area contributed by atoms with Crippen molar-refractivity contribution >= 4 is 40.7 Å². The standard InChI is InChI=1S/C43H32F2N4O9/c44-33-9-1-29(2-10-33)23-41(50)46-35-13-5-27(6-14-35)21-31-25-37(48(53)54)17-19-39(31)57-43(52)58-40-20-18-38(49(55)56)26-32(40)22-28-7-15-36(16-8-28)47-42(51)24-30-3-11-34(45)12-4-30/h1-20,25-26H,21-24H2,(H,46,50)(H,47,51). The van der Waals surface area contributed by atoms with Gasteiger partial charge in [-0.05, 0) is 82.9 Å². The average molecular weight is 787 g/mol. The quantitative estimate of drug-likeness (QED) is 0.0472. The van der Waals surface area contributed by atoms with Crippen LogP contribution in [0.15, 0.2) is 133 Å². The lowest BCUT2D eigenvalue weighted by Gasteiger charge is -2.13. The van der Waals surface area contributed by atoms with Gasteiger partial charge in [0.05, 0.1) is 22.7 Å². The summed E-state index contributed by atoms with van der Waals surface area (Å²) in [6, 6.07) is 31.8. The molecule has 0 aliphatic rings. The number of hydrogen-bond donors (Lipinski definition) is 2. The summed E-state index contributed by atoms with van der Waals surface area (Å²) in [5.74, 6) is -1.52. The van der Waals surface area contributed by atoms with E-state index < -0.39 is 27.6 Å². The van der Waals surface area contributed by atoms with E-state index in [0.717, 1.165) is 12.1 Å². The van der Waals surface area contributed by atoms with Gasteiger partial charge in [0.1, 0.15) is 23.1 Å². The summed E-state index contributed by atoms with van der Waals surface area (Å²) >= 11 is 0. The van der Waals surface area contributed by atoms with Crippen molar-refractivity contribution in [3.8, 4) is 11.5 Å². The summed E-state index contributed by atoms with van der Waals surface area (Å²) in [4.78, 5) is 60.2. The van der Waals surface area contributed by atoms with Crippen molar-refractivity contribution < 1.29 is 42.5 Å². The molecule has 13 nitrogen and oxygen atoms in total. The van der Waals surface area contributed by atoms with Crippen LogP contribution in [0.3, 0.4) is 0 Å². The molecule has 0 saturated heterocycles. The Morgan fingerprint density at radius 3 is 1.19 bits per heavy atom. The smallest absolute Gasteiger partial charge is 0.394 e. The predicted octanol–water partition coefficient (Wildman–Crippen LogP) is 8.90. The van der Waals surface area contributed by atoms with Crippen molar-refractivity contribution in [2.45, 2.75) is 25.7 Å². The number of ether oxygens (including phenoxy) is 2. The summed E-state index contributed by atoms with van der Waals surface area (Å²) in [6.45, 7) is 0. The molecule has 6 aromatic rings. The second-order valence-electron chi connectivity index (χ2n) is 13.0. The number of carbonyl (C=O) groups is 3. The third-order valence-corrected chi connectivity index (χ3v) is 8.72. The molecule has 0 atom stereocenters. The number of nitro benzene ring substituents is 2. The molecular formula is C43H32F2N4O9. The van der Waals surface area contributed by atoms with E-state index in [1.807, 2.05) is 0 Å². The molecule has 6 rings (SSSR count). The molecule has 6 aromatic carbocycles. The Balaban J connectivity index is 1.12. The molecule has 58 heavy (non-hydrogen) atoms. The van der Waals surface area contributed by atoms with Crippen LogP contribution in [-0.2, 0) is 35.3 Å². The monoisotopic (exact) mass is 786 g/mol. The van der Waals surface area contributed by atoms with Gasteiger partial charge in [0.2, 0.25) is 11.8 Å². The zero-order valence-electron chi connectivity index (χ0n) is 30.4. The summed E-state index contributed by atoms with van der Waals surface area (Å²) < 4.78 is 37.5. The van der Waals surface area contributed by atoms with Crippen molar-refractivity contribution in [1.82, 2.24) is 0 Å². The fourth-order valence-electron chi connectivity index (χ4n) is 5.87. The molecule has 0 aliphatic carbocycles. The molecule has 0 aromatic heterocycles. The van der Waals surface area contributed by atoms with Gasteiger partial charge in [-0.3, -0.25) is 29.8 Å². The highest BCUT2D eigenvalue weighted by atomic mass is 19.1. The van der Waals surface area contributed by atoms with E-state index in [0.29, 0.717) is 33.6 Å². The van der Waals surface area contributed by atoms with Crippen LogP contribution < -0.4 is 20.1 Å². The van der Waals surface area contributed by atoms with Crippen LogP contribution >= 0.6 is 0 Å². The van der Waals surface area contributed by atoms with Gasteiger partial charge in [-0.15, -0.1) is 0 Å². The van der Waals surface area contributed by atoms with Crippen LogP contribution in [0, 0.1) is 31.9 Å². The second-order valence-corrected chi connectivity index (χ2v) is 13.0. The maximum absolute atomic E-state index is 13.2. The number of hydrogen-bond acceptors (Lipinski definition) is 9. The first kappa shape index (κ1) is 39.9. The fraction of sp³-hybridized carbons (Fsp3) is 0.0930. The number of nitro groups is 2. The van der Waals surface area contributed by atoms with Crippen molar-refractivity contribution in [3.05, 3.63) is 199 Å². The zero-order chi connectivity index (χ0) is 41.2. The minimum Gasteiger partial charge on any atom is -0.394 e. The van der Waals surface area contributed by atoms with E-state index in [-0.39, 0.29) is 71.5 Å². The van der Waals surface area contributed by atoms with E-state index in [4.69, 9.17) is 9.47 Å². The number of nitrogens with zero attached hydrogens (tertiary/aromatic N) is 2. The molecule has 2 N–H and O–H groups in total. The number of benzene rings is 6. The van der Waals surface area contributed by atoms with E-state index in [1.54, 1.807) is 48.5 Å². The molecule has 0 bridgehead atoms. The minimum absolute atomic E-state index is 0.0316. The van der Waals surface area contributed by atoms with Crippen LogP contribution in [0.25, 0.3) is 0 Å². The number of halogens is 2. The first-order valence-corrected chi connectivity index (χ1v) is 17.6. The Kier molecular flexibility index (Phi) is 12.5. The van der Waals surface area contributed by atoms with Crippen molar-refractivity contribution in [3.63, 3.8) is 0 Å². The summed E-state index contributed by atoms with van der Waals surface area (Å²) in [5.41, 5.74) is 3.58. The molecular weight excluding hydrogens is 754 g/mol. The van der Waals surface area contributed by atoms with E-state index in [9.17, 15) is 43.4 Å². The van der Waals surface area contributed by atoms with Crippen LogP contribution in [0.5, 0.6) is 11.5 Å². The lowest BCUT2D eigenvalue weighted by Crippen LogP contribution is -2.16. The van der Waals surface area contributed by atoms with E-state index >= 15 is 0 Å². The van der Waals surface area contributed by atoms with Gasteiger partial charge in [-0.1, -0.05) is 48.5 Å². The lowest BCUT2D eigenvalue weighted by molar-refractivity contribution is -0.385. The largest absolute Gasteiger partial charge is 0.519 e. The molecule has 15 heteroatoms. The number of anilines is 2. The van der Waals surface area contributed by atoms with Crippen molar-refractivity contribution in [2.24, 2.45) is 0 Å². The molecule has 2 amide bonds. The highest BCUT2D eigenvalue weighted by Gasteiger charge is 2.20. The number of nitrogens with one attached hydrogen (secondary N) is 2. The summed E-state index contributed by atoms with van der Waals surface area (Å²) in [6.07, 6.45) is -0.976. The Bertz CT molecular complexity index is 2310. The summed E-state index contributed by atoms with van der Waals surface area (Å²) in [7, 11) is 0. The molecule has 0 saturated carbocycles. The Labute approximate surface area is 329 Å². The maximum Gasteiger partial charge on any atom is 0.519 e. The van der Waals surface area contributed by atoms with Crippen LogP contribution in [0.2, 0.25) is 0 Å². The van der Waals surface area contributed by atoms with E-state index in [2.05, 4.69) is 10.6 Å². The SMILES string of the molecule is O=C(Cc1ccc(F)cc1)Nc1ccc(Cc2cc([N+](=O)[O-])ccc2OC(=O)Oc2ccc([N+](=O)[O-])cc2Cc2ccc(NC(=O)Cc3ccc(F)cc3)cc2)cc1. The first-order chi connectivity index (χ1) is 27.9. The van der Waals surface area contributed by atoms with Crippen molar-refractivity contribution in [2.75, 3.05) is 10.6 Å². The number of amides is 2. The van der Waals surface area contributed by atoms with Gasteiger partial charge in [0.15, 0.2) is 0 Å². The second kappa shape index (κ2) is 18.2. The van der Waals surface area contributed by atoms with Gasteiger partial charge < -0.3 is 20.1 Å². The van der Waals surface area contributed by atoms with E-state index in [1.165, 1.54) is 72.8 Å². The number of non-ortho nitro benzene ring substituents is 2. The molecule has 0 unspecified atom stereocenters.